The topological polar surface area (TPSA) is 29.5 Å². The standard InChI is InChI=1S/C13H18O2/c1-9-3-6-11(13(7-9)15-2)12(14)8-10-4-5-10/h3,6-7,10,12,14H,4-5,8H2,1-2H3. The molecule has 2 nitrogen and oxygen atoms in total. The van der Waals surface area contributed by atoms with Crippen LogP contribution in [0.3, 0.4) is 0 Å². The van der Waals surface area contributed by atoms with Crippen LogP contribution in [0.2, 0.25) is 0 Å². The van der Waals surface area contributed by atoms with Crippen LogP contribution in [-0.2, 0) is 0 Å². The maximum Gasteiger partial charge on any atom is 0.124 e. The number of ether oxygens (including phenoxy) is 1. The van der Waals surface area contributed by atoms with E-state index >= 15 is 0 Å². The molecule has 1 aliphatic rings. The van der Waals surface area contributed by atoms with Crippen molar-refractivity contribution in [3.63, 3.8) is 0 Å². The fourth-order valence-electron chi connectivity index (χ4n) is 1.89. The van der Waals surface area contributed by atoms with Crippen molar-refractivity contribution in [2.45, 2.75) is 32.3 Å². The van der Waals surface area contributed by atoms with Gasteiger partial charge in [0.25, 0.3) is 0 Å². The fraction of sp³-hybridized carbons (Fsp3) is 0.538. The zero-order valence-corrected chi connectivity index (χ0v) is 9.36. The molecule has 2 heteroatoms. The molecule has 1 N–H and O–H groups in total. The van der Waals surface area contributed by atoms with Crippen LogP contribution in [0.15, 0.2) is 18.2 Å². The minimum absolute atomic E-state index is 0.368. The molecule has 1 aliphatic carbocycles. The summed E-state index contributed by atoms with van der Waals surface area (Å²) in [6.07, 6.45) is 3.05. The number of methoxy groups -OCH3 is 1. The average Bonchev–Trinajstić information content (AvgIpc) is 3.01. The minimum Gasteiger partial charge on any atom is -0.496 e. The Labute approximate surface area is 90.9 Å². The SMILES string of the molecule is COc1cc(C)ccc1C(O)CC1CC1. The first-order valence-electron chi connectivity index (χ1n) is 5.53. The highest BCUT2D eigenvalue weighted by molar-refractivity contribution is 5.38. The van der Waals surface area contributed by atoms with Crippen LogP contribution >= 0.6 is 0 Å². The smallest absolute Gasteiger partial charge is 0.124 e. The molecule has 0 aromatic heterocycles. The highest BCUT2D eigenvalue weighted by Gasteiger charge is 2.26. The van der Waals surface area contributed by atoms with Crippen molar-refractivity contribution in [2.75, 3.05) is 7.11 Å². The number of aliphatic hydroxyl groups excluding tert-OH is 1. The normalized spacial score (nSPS) is 17.5. The van der Waals surface area contributed by atoms with E-state index in [1.54, 1.807) is 7.11 Å². The molecule has 15 heavy (non-hydrogen) atoms. The van der Waals surface area contributed by atoms with Gasteiger partial charge in [0.05, 0.1) is 13.2 Å². The second-order valence-corrected chi connectivity index (χ2v) is 4.44. The lowest BCUT2D eigenvalue weighted by molar-refractivity contribution is 0.156. The summed E-state index contributed by atoms with van der Waals surface area (Å²) in [5.74, 6) is 1.54. The van der Waals surface area contributed by atoms with Crippen LogP contribution in [0, 0.1) is 12.8 Å². The van der Waals surface area contributed by atoms with Crippen molar-refractivity contribution in [1.82, 2.24) is 0 Å². The van der Waals surface area contributed by atoms with Crippen LogP contribution in [0.4, 0.5) is 0 Å². The third kappa shape index (κ3) is 2.51. The number of aliphatic hydroxyl groups is 1. The van der Waals surface area contributed by atoms with Crippen molar-refractivity contribution >= 4 is 0 Å². The lowest BCUT2D eigenvalue weighted by Gasteiger charge is -2.14. The lowest BCUT2D eigenvalue weighted by Crippen LogP contribution is -2.01. The molecular formula is C13H18O2. The maximum absolute atomic E-state index is 10.1. The summed E-state index contributed by atoms with van der Waals surface area (Å²) in [6, 6.07) is 5.97. The van der Waals surface area contributed by atoms with E-state index in [9.17, 15) is 5.11 Å². The first-order valence-corrected chi connectivity index (χ1v) is 5.53. The molecule has 1 aromatic carbocycles. The van der Waals surface area contributed by atoms with Gasteiger partial charge >= 0.3 is 0 Å². The van der Waals surface area contributed by atoms with Crippen LogP contribution in [0.5, 0.6) is 5.75 Å². The van der Waals surface area contributed by atoms with E-state index in [2.05, 4.69) is 0 Å². The van der Waals surface area contributed by atoms with E-state index < -0.39 is 0 Å². The lowest BCUT2D eigenvalue weighted by atomic mass is 10.0. The van der Waals surface area contributed by atoms with Gasteiger partial charge in [0.2, 0.25) is 0 Å². The van der Waals surface area contributed by atoms with Crippen molar-refractivity contribution in [3.05, 3.63) is 29.3 Å². The molecule has 0 spiro atoms. The number of hydrogen-bond donors (Lipinski definition) is 1. The van der Waals surface area contributed by atoms with Crippen LogP contribution < -0.4 is 4.74 Å². The Bertz CT molecular complexity index is 342. The monoisotopic (exact) mass is 206 g/mol. The number of aryl methyl sites for hydroxylation is 1. The zero-order chi connectivity index (χ0) is 10.8. The van der Waals surface area contributed by atoms with Gasteiger partial charge in [0, 0.05) is 5.56 Å². The number of hydrogen-bond acceptors (Lipinski definition) is 2. The molecule has 82 valence electrons. The highest BCUT2D eigenvalue weighted by Crippen LogP contribution is 2.39. The van der Waals surface area contributed by atoms with E-state index in [0.29, 0.717) is 0 Å². The molecule has 2 rings (SSSR count). The zero-order valence-electron chi connectivity index (χ0n) is 9.36. The molecule has 0 radical (unpaired) electrons. The Hall–Kier alpha value is -1.02. The first kappa shape index (κ1) is 10.5. The Balaban J connectivity index is 2.17. The van der Waals surface area contributed by atoms with E-state index in [0.717, 1.165) is 29.2 Å². The molecule has 1 unspecified atom stereocenters. The third-order valence-corrected chi connectivity index (χ3v) is 3.00. The Morgan fingerprint density at radius 3 is 2.80 bits per heavy atom. The van der Waals surface area contributed by atoms with Gasteiger partial charge in [-0.15, -0.1) is 0 Å². The molecule has 0 bridgehead atoms. The van der Waals surface area contributed by atoms with Crippen LogP contribution in [-0.4, -0.2) is 12.2 Å². The van der Waals surface area contributed by atoms with Crippen molar-refractivity contribution in [1.29, 1.82) is 0 Å². The van der Waals surface area contributed by atoms with Crippen LogP contribution in [0.1, 0.15) is 36.5 Å². The maximum atomic E-state index is 10.1. The Morgan fingerprint density at radius 2 is 2.20 bits per heavy atom. The Kier molecular flexibility index (Phi) is 2.96. The molecule has 1 aromatic rings. The highest BCUT2D eigenvalue weighted by atomic mass is 16.5. The summed E-state index contributed by atoms with van der Waals surface area (Å²) < 4.78 is 5.29. The summed E-state index contributed by atoms with van der Waals surface area (Å²) >= 11 is 0. The summed E-state index contributed by atoms with van der Waals surface area (Å²) in [4.78, 5) is 0. The van der Waals surface area contributed by atoms with Gasteiger partial charge in [0.1, 0.15) is 5.75 Å². The van der Waals surface area contributed by atoms with Gasteiger partial charge < -0.3 is 9.84 Å². The molecule has 1 atom stereocenters. The van der Waals surface area contributed by atoms with Crippen LogP contribution in [0.25, 0.3) is 0 Å². The van der Waals surface area contributed by atoms with E-state index in [1.165, 1.54) is 12.8 Å². The molecule has 0 heterocycles. The van der Waals surface area contributed by atoms with E-state index in [-0.39, 0.29) is 6.10 Å². The number of benzene rings is 1. The minimum atomic E-state index is -0.368. The van der Waals surface area contributed by atoms with Gasteiger partial charge in [0.15, 0.2) is 0 Å². The largest absolute Gasteiger partial charge is 0.496 e. The quantitative estimate of drug-likeness (QED) is 0.820. The van der Waals surface area contributed by atoms with Crippen molar-refractivity contribution in [2.24, 2.45) is 5.92 Å². The van der Waals surface area contributed by atoms with Crippen molar-refractivity contribution in [3.8, 4) is 5.75 Å². The predicted octanol–water partition coefficient (Wildman–Crippen LogP) is 2.84. The second kappa shape index (κ2) is 4.23. The molecule has 0 amide bonds. The molecule has 0 aliphatic heterocycles. The molecule has 0 saturated heterocycles. The van der Waals surface area contributed by atoms with Gasteiger partial charge in [-0.25, -0.2) is 0 Å². The van der Waals surface area contributed by atoms with Crippen molar-refractivity contribution < 1.29 is 9.84 Å². The summed E-state index contributed by atoms with van der Waals surface area (Å²) in [5.41, 5.74) is 2.09. The van der Waals surface area contributed by atoms with Gasteiger partial charge in [-0.3, -0.25) is 0 Å². The van der Waals surface area contributed by atoms with Gasteiger partial charge in [-0.2, -0.15) is 0 Å². The molecule has 1 saturated carbocycles. The second-order valence-electron chi connectivity index (χ2n) is 4.44. The third-order valence-electron chi connectivity index (χ3n) is 3.00. The van der Waals surface area contributed by atoms with E-state index in [1.807, 2.05) is 25.1 Å². The van der Waals surface area contributed by atoms with E-state index in [4.69, 9.17) is 4.74 Å². The fourth-order valence-corrected chi connectivity index (χ4v) is 1.89. The Morgan fingerprint density at radius 1 is 1.47 bits per heavy atom. The molecule has 1 fully saturated rings. The summed E-state index contributed by atoms with van der Waals surface area (Å²) in [7, 11) is 1.65. The first-order chi connectivity index (χ1) is 7.20. The van der Waals surface area contributed by atoms with Gasteiger partial charge in [-0.05, 0) is 30.9 Å². The number of rotatable bonds is 4. The average molecular weight is 206 g/mol. The molecular weight excluding hydrogens is 188 g/mol. The summed E-state index contributed by atoms with van der Waals surface area (Å²) in [5, 5.41) is 10.1. The van der Waals surface area contributed by atoms with Gasteiger partial charge in [-0.1, -0.05) is 25.0 Å². The summed E-state index contributed by atoms with van der Waals surface area (Å²) in [6.45, 7) is 2.03. The predicted molar refractivity (Wildman–Crippen MR) is 60.0 cm³/mol.